The van der Waals surface area contributed by atoms with Crippen molar-refractivity contribution in [3.8, 4) is 0 Å². The molecule has 0 radical (unpaired) electrons. The molecular weight excluding hydrogens is 176 g/mol. The molecule has 3 heteroatoms. The van der Waals surface area contributed by atoms with E-state index in [0.717, 1.165) is 12.8 Å². The van der Waals surface area contributed by atoms with E-state index >= 15 is 0 Å². The van der Waals surface area contributed by atoms with E-state index in [2.05, 4.69) is 25.3 Å². The molecule has 1 fully saturated rings. The van der Waals surface area contributed by atoms with E-state index in [1.54, 1.807) is 7.11 Å². The van der Waals surface area contributed by atoms with E-state index in [4.69, 9.17) is 10.6 Å². The first kappa shape index (κ1) is 11.7. The molecule has 0 aromatic rings. The van der Waals surface area contributed by atoms with E-state index in [9.17, 15) is 0 Å². The number of hydrazine groups is 1. The number of nitrogens with one attached hydrogen (secondary N) is 1. The molecule has 14 heavy (non-hydrogen) atoms. The minimum Gasteiger partial charge on any atom is -0.376 e. The molecule has 0 aliphatic heterocycles. The van der Waals surface area contributed by atoms with Gasteiger partial charge in [-0.05, 0) is 26.7 Å². The first-order valence-electron chi connectivity index (χ1n) is 5.31. The maximum Gasteiger partial charge on any atom is 0.0879 e. The van der Waals surface area contributed by atoms with Crippen LogP contribution in [0.25, 0.3) is 0 Å². The molecule has 0 heterocycles. The standard InChI is InChI=1S/C11H22N2O/c1-9(2)8-10(13-12)11(14-3)6-4-5-7-11/h8,10,13H,4-7,12H2,1-3H3. The summed E-state index contributed by atoms with van der Waals surface area (Å²) < 4.78 is 5.67. The van der Waals surface area contributed by atoms with Gasteiger partial charge in [-0.25, -0.2) is 0 Å². The number of hydrogen-bond donors (Lipinski definition) is 2. The monoisotopic (exact) mass is 198 g/mol. The fourth-order valence-corrected chi connectivity index (χ4v) is 2.30. The van der Waals surface area contributed by atoms with Gasteiger partial charge in [-0.3, -0.25) is 11.3 Å². The number of hydrogen-bond acceptors (Lipinski definition) is 3. The Hall–Kier alpha value is -0.380. The van der Waals surface area contributed by atoms with Crippen LogP contribution in [0.5, 0.6) is 0 Å². The van der Waals surface area contributed by atoms with Gasteiger partial charge in [0.05, 0.1) is 11.6 Å². The summed E-state index contributed by atoms with van der Waals surface area (Å²) in [6.45, 7) is 4.17. The zero-order chi connectivity index (χ0) is 10.6. The summed E-state index contributed by atoms with van der Waals surface area (Å²) >= 11 is 0. The Kier molecular flexibility index (Phi) is 4.11. The van der Waals surface area contributed by atoms with Crippen molar-refractivity contribution in [3.63, 3.8) is 0 Å². The van der Waals surface area contributed by atoms with Gasteiger partial charge in [-0.15, -0.1) is 0 Å². The van der Waals surface area contributed by atoms with Crippen molar-refractivity contribution in [2.45, 2.75) is 51.2 Å². The molecule has 0 spiro atoms. The highest BCUT2D eigenvalue weighted by Crippen LogP contribution is 2.36. The smallest absolute Gasteiger partial charge is 0.0879 e. The van der Waals surface area contributed by atoms with Gasteiger partial charge in [0.1, 0.15) is 0 Å². The summed E-state index contributed by atoms with van der Waals surface area (Å²) in [5.41, 5.74) is 4.06. The third-order valence-electron chi connectivity index (χ3n) is 3.10. The molecule has 1 aliphatic carbocycles. The Bertz CT molecular complexity index is 203. The third-order valence-corrected chi connectivity index (χ3v) is 3.10. The average Bonchev–Trinajstić information content (AvgIpc) is 2.63. The Morgan fingerprint density at radius 2 is 2.00 bits per heavy atom. The van der Waals surface area contributed by atoms with Crippen molar-refractivity contribution < 1.29 is 4.74 Å². The maximum atomic E-state index is 5.67. The third kappa shape index (κ3) is 2.35. The highest BCUT2D eigenvalue weighted by molar-refractivity contribution is 5.10. The molecule has 0 aromatic carbocycles. The first-order valence-corrected chi connectivity index (χ1v) is 5.31. The zero-order valence-corrected chi connectivity index (χ0v) is 9.47. The highest BCUT2D eigenvalue weighted by atomic mass is 16.5. The van der Waals surface area contributed by atoms with Crippen LogP contribution in [-0.2, 0) is 4.74 Å². The quantitative estimate of drug-likeness (QED) is 0.411. The summed E-state index contributed by atoms with van der Waals surface area (Å²) in [5, 5.41) is 0. The minimum absolute atomic E-state index is 0.0774. The van der Waals surface area contributed by atoms with Crippen LogP contribution in [0.2, 0.25) is 0 Å². The Morgan fingerprint density at radius 1 is 1.43 bits per heavy atom. The van der Waals surface area contributed by atoms with Crippen molar-refractivity contribution in [2.75, 3.05) is 7.11 Å². The number of ether oxygens (including phenoxy) is 1. The van der Waals surface area contributed by atoms with Crippen molar-refractivity contribution in [1.82, 2.24) is 5.43 Å². The molecule has 0 aromatic heterocycles. The van der Waals surface area contributed by atoms with Gasteiger partial charge >= 0.3 is 0 Å². The Balaban J connectivity index is 2.79. The fourth-order valence-electron chi connectivity index (χ4n) is 2.30. The molecule has 1 rings (SSSR count). The van der Waals surface area contributed by atoms with Gasteiger partial charge in [0, 0.05) is 7.11 Å². The lowest BCUT2D eigenvalue weighted by molar-refractivity contribution is -0.0232. The lowest BCUT2D eigenvalue weighted by atomic mass is 9.91. The van der Waals surface area contributed by atoms with E-state index < -0.39 is 0 Å². The topological polar surface area (TPSA) is 47.3 Å². The van der Waals surface area contributed by atoms with Crippen LogP contribution < -0.4 is 11.3 Å². The zero-order valence-electron chi connectivity index (χ0n) is 9.47. The summed E-state index contributed by atoms with van der Waals surface area (Å²) in [6, 6.07) is 0.139. The number of rotatable bonds is 4. The molecule has 0 saturated heterocycles. The second kappa shape index (κ2) is 4.91. The predicted molar refractivity (Wildman–Crippen MR) is 58.8 cm³/mol. The van der Waals surface area contributed by atoms with Crippen LogP contribution in [-0.4, -0.2) is 18.8 Å². The van der Waals surface area contributed by atoms with Crippen LogP contribution in [0.1, 0.15) is 39.5 Å². The van der Waals surface area contributed by atoms with Crippen LogP contribution in [0.15, 0.2) is 11.6 Å². The Morgan fingerprint density at radius 3 is 2.36 bits per heavy atom. The molecular formula is C11H22N2O. The molecule has 0 bridgehead atoms. The van der Waals surface area contributed by atoms with Crippen LogP contribution in [0.4, 0.5) is 0 Å². The van der Waals surface area contributed by atoms with Gasteiger partial charge < -0.3 is 4.74 Å². The van der Waals surface area contributed by atoms with Crippen molar-refractivity contribution >= 4 is 0 Å². The summed E-state index contributed by atoms with van der Waals surface area (Å²) in [7, 11) is 1.79. The normalized spacial score (nSPS) is 22.0. The van der Waals surface area contributed by atoms with Gasteiger partial charge in [-0.2, -0.15) is 0 Å². The molecule has 1 saturated carbocycles. The number of allylic oxidation sites excluding steroid dienone is 1. The number of nitrogens with two attached hydrogens (primary N) is 1. The van der Waals surface area contributed by atoms with Crippen LogP contribution >= 0.6 is 0 Å². The summed E-state index contributed by atoms with van der Waals surface area (Å²) in [5.74, 6) is 5.59. The summed E-state index contributed by atoms with van der Waals surface area (Å²) in [4.78, 5) is 0. The molecule has 3 nitrogen and oxygen atoms in total. The predicted octanol–water partition coefficient (Wildman–Crippen LogP) is 1.74. The lowest BCUT2D eigenvalue weighted by Gasteiger charge is -2.34. The highest BCUT2D eigenvalue weighted by Gasteiger charge is 2.39. The molecule has 1 atom stereocenters. The molecule has 3 N–H and O–H groups in total. The van der Waals surface area contributed by atoms with Gasteiger partial charge in [0.25, 0.3) is 0 Å². The van der Waals surface area contributed by atoms with Crippen LogP contribution in [0, 0.1) is 0 Å². The Labute approximate surface area is 86.7 Å². The van der Waals surface area contributed by atoms with Crippen molar-refractivity contribution in [3.05, 3.63) is 11.6 Å². The average molecular weight is 198 g/mol. The fraction of sp³-hybridized carbons (Fsp3) is 0.818. The second-order valence-electron chi connectivity index (χ2n) is 4.36. The van der Waals surface area contributed by atoms with Crippen molar-refractivity contribution in [2.24, 2.45) is 5.84 Å². The molecule has 0 amide bonds. The van der Waals surface area contributed by atoms with E-state index in [1.165, 1.54) is 18.4 Å². The van der Waals surface area contributed by atoms with Gasteiger partial charge in [0.15, 0.2) is 0 Å². The SMILES string of the molecule is COC1(C(C=C(C)C)NN)CCCC1. The summed E-state index contributed by atoms with van der Waals surface area (Å²) in [6.07, 6.45) is 6.84. The first-order chi connectivity index (χ1) is 6.64. The second-order valence-corrected chi connectivity index (χ2v) is 4.36. The maximum absolute atomic E-state index is 5.67. The van der Waals surface area contributed by atoms with Gasteiger partial charge in [0.2, 0.25) is 0 Å². The largest absolute Gasteiger partial charge is 0.376 e. The van der Waals surface area contributed by atoms with E-state index in [1.807, 2.05) is 0 Å². The van der Waals surface area contributed by atoms with E-state index in [0.29, 0.717) is 0 Å². The van der Waals surface area contributed by atoms with Crippen molar-refractivity contribution in [1.29, 1.82) is 0 Å². The molecule has 1 unspecified atom stereocenters. The minimum atomic E-state index is -0.0774. The molecule has 82 valence electrons. The van der Waals surface area contributed by atoms with Gasteiger partial charge in [-0.1, -0.05) is 24.5 Å². The van der Waals surface area contributed by atoms with E-state index in [-0.39, 0.29) is 11.6 Å². The van der Waals surface area contributed by atoms with Crippen LogP contribution in [0.3, 0.4) is 0 Å². The molecule has 1 aliphatic rings. The lowest BCUT2D eigenvalue weighted by Crippen LogP contribution is -2.52. The number of methoxy groups -OCH3 is 1.